The Kier molecular flexibility index (Phi) is 4.72. The van der Waals surface area contributed by atoms with Crippen molar-refractivity contribution in [1.82, 2.24) is 35.5 Å². The zero-order valence-electron chi connectivity index (χ0n) is 15.1. The maximum atomic E-state index is 13.3. The number of carbonyl (C=O) groups is 2. The molecule has 10 nitrogen and oxygen atoms in total. The van der Waals surface area contributed by atoms with E-state index >= 15 is 0 Å². The van der Waals surface area contributed by atoms with E-state index in [4.69, 9.17) is 0 Å². The second-order valence-electron chi connectivity index (χ2n) is 6.70. The summed E-state index contributed by atoms with van der Waals surface area (Å²) < 4.78 is 19.4. The number of rotatable bonds is 6. The van der Waals surface area contributed by atoms with Crippen molar-refractivity contribution in [2.24, 2.45) is 5.92 Å². The number of carbonyl (C=O) groups excluding carboxylic acids is 2. The third-order valence-electron chi connectivity index (χ3n) is 4.72. The predicted molar refractivity (Wildman–Crippen MR) is 92.7 cm³/mol. The summed E-state index contributed by atoms with van der Waals surface area (Å²) >= 11 is 0. The van der Waals surface area contributed by atoms with Crippen LogP contribution >= 0.6 is 0 Å². The molecule has 146 valence electrons. The van der Waals surface area contributed by atoms with E-state index in [1.807, 2.05) is 0 Å². The second-order valence-corrected chi connectivity index (χ2v) is 6.70. The molecule has 1 aliphatic carbocycles. The van der Waals surface area contributed by atoms with Gasteiger partial charge in [0.25, 0.3) is 5.91 Å². The van der Waals surface area contributed by atoms with Crippen molar-refractivity contribution in [1.29, 1.82) is 0 Å². The normalized spacial score (nSPS) is 18.6. The van der Waals surface area contributed by atoms with Gasteiger partial charge in [-0.05, 0) is 36.6 Å². The fraction of sp³-hybridized carbons (Fsp3) is 0.412. The van der Waals surface area contributed by atoms with Crippen molar-refractivity contribution in [3.63, 3.8) is 0 Å². The molecule has 1 saturated carbocycles. The summed E-state index contributed by atoms with van der Waals surface area (Å²) in [4.78, 5) is 28.3. The Morgan fingerprint density at radius 2 is 2.14 bits per heavy atom. The van der Waals surface area contributed by atoms with Gasteiger partial charge in [0, 0.05) is 6.54 Å². The average Bonchev–Trinajstić information content (AvgIpc) is 3.28. The van der Waals surface area contributed by atoms with Crippen LogP contribution in [0.1, 0.15) is 40.3 Å². The first-order chi connectivity index (χ1) is 13.5. The molecule has 0 radical (unpaired) electrons. The number of nitrogens with one attached hydrogen (secondary N) is 2. The minimum absolute atomic E-state index is 0.127. The van der Waals surface area contributed by atoms with Gasteiger partial charge in [-0.15, -0.1) is 0 Å². The van der Waals surface area contributed by atoms with Gasteiger partial charge in [0.15, 0.2) is 11.3 Å². The molecule has 28 heavy (non-hydrogen) atoms. The van der Waals surface area contributed by atoms with Crippen LogP contribution in [0.5, 0.6) is 0 Å². The minimum Gasteiger partial charge on any atom is -0.352 e. The number of aryl methyl sites for hydroxylation is 1. The van der Waals surface area contributed by atoms with Crippen molar-refractivity contribution < 1.29 is 18.6 Å². The van der Waals surface area contributed by atoms with Crippen molar-refractivity contribution >= 4 is 17.5 Å². The SMILES string of the molecule is Cc1nonc1C(=O)NCc1cn2ncc(CNC(=O)[C@@H]3CC[C@H]3F)cc2n1. The highest BCUT2D eigenvalue weighted by Crippen LogP contribution is 2.30. The number of hydrogen-bond donors (Lipinski definition) is 2. The molecule has 0 spiro atoms. The largest absolute Gasteiger partial charge is 0.352 e. The van der Waals surface area contributed by atoms with Crippen LogP contribution in [-0.2, 0) is 17.9 Å². The zero-order chi connectivity index (χ0) is 19.7. The number of fused-ring (bicyclic) bond motifs is 1. The molecule has 0 aliphatic heterocycles. The summed E-state index contributed by atoms with van der Waals surface area (Å²) in [7, 11) is 0. The molecule has 0 aromatic carbocycles. The molecule has 4 rings (SSSR count). The first kappa shape index (κ1) is 18.0. The number of imidazole rings is 1. The van der Waals surface area contributed by atoms with E-state index in [0.29, 0.717) is 29.9 Å². The van der Waals surface area contributed by atoms with E-state index in [0.717, 1.165) is 5.56 Å². The average molecular weight is 387 g/mol. The minimum atomic E-state index is -1.04. The molecule has 1 aliphatic rings. The van der Waals surface area contributed by atoms with Crippen molar-refractivity contribution in [3.8, 4) is 0 Å². The van der Waals surface area contributed by atoms with Crippen molar-refractivity contribution in [2.75, 3.05) is 0 Å². The number of nitrogens with zero attached hydrogens (tertiary/aromatic N) is 5. The number of halogens is 1. The summed E-state index contributed by atoms with van der Waals surface area (Å²) in [5.74, 6) is -1.22. The van der Waals surface area contributed by atoms with E-state index in [2.05, 4.69) is 35.7 Å². The maximum absolute atomic E-state index is 13.3. The fourth-order valence-electron chi connectivity index (χ4n) is 2.91. The van der Waals surface area contributed by atoms with Gasteiger partial charge in [0.2, 0.25) is 5.91 Å². The lowest BCUT2D eigenvalue weighted by Gasteiger charge is -2.28. The van der Waals surface area contributed by atoms with Gasteiger partial charge >= 0.3 is 0 Å². The second kappa shape index (κ2) is 7.33. The lowest BCUT2D eigenvalue weighted by Crippen LogP contribution is -2.41. The lowest BCUT2D eigenvalue weighted by atomic mass is 9.82. The van der Waals surface area contributed by atoms with Crippen LogP contribution in [0.3, 0.4) is 0 Å². The summed E-state index contributed by atoms with van der Waals surface area (Å²) in [5, 5.41) is 16.8. The Hall–Kier alpha value is -3.37. The zero-order valence-corrected chi connectivity index (χ0v) is 15.1. The van der Waals surface area contributed by atoms with Crippen LogP contribution in [0.2, 0.25) is 0 Å². The summed E-state index contributed by atoms with van der Waals surface area (Å²) in [6.07, 6.45) is 3.29. The van der Waals surface area contributed by atoms with E-state index in [1.54, 1.807) is 29.9 Å². The van der Waals surface area contributed by atoms with Gasteiger partial charge in [0.05, 0.1) is 30.6 Å². The molecule has 2 amide bonds. The first-order valence-corrected chi connectivity index (χ1v) is 8.83. The fourth-order valence-corrected chi connectivity index (χ4v) is 2.91. The molecule has 1 fully saturated rings. The van der Waals surface area contributed by atoms with Crippen LogP contribution in [0.25, 0.3) is 5.65 Å². The molecule has 11 heteroatoms. The van der Waals surface area contributed by atoms with Crippen LogP contribution in [0.15, 0.2) is 23.1 Å². The van der Waals surface area contributed by atoms with E-state index in [1.165, 1.54) is 0 Å². The predicted octanol–water partition coefficient (Wildman–Crippen LogP) is 0.715. The topological polar surface area (TPSA) is 127 Å². The Balaban J connectivity index is 1.37. The molecule has 0 bridgehead atoms. The standard InChI is InChI=1S/C17H18FN7O3/c1-9-15(24-28-23-9)17(27)20-7-11-8-25-14(22-11)4-10(6-21-25)5-19-16(26)12-2-3-13(12)18/h4,6,8,12-13H,2-3,5,7H2,1H3,(H,19,26)(H,20,27)/t12-,13-/m1/s1. The quantitative estimate of drug-likeness (QED) is 0.638. The summed E-state index contributed by atoms with van der Waals surface area (Å²) in [5.41, 5.74) is 2.46. The molecule has 3 aromatic heterocycles. The molecule has 0 unspecified atom stereocenters. The highest BCUT2D eigenvalue weighted by molar-refractivity contribution is 5.92. The molecule has 2 N–H and O–H groups in total. The van der Waals surface area contributed by atoms with Gasteiger partial charge in [0.1, 0.15) is 11.9 Å². The first-order valence-electron chi connectivity index (χ1n) is 8.83. The van der Waals surface area contributed by atoms with Gasteiger partial charge in [-0.3, -0.25) is 9.59 Å². The summed E-state index contributed by atoms with van der Waals surface area (Å²) in [6, 6.07) is 1.78. The van der Waals surface area contributed by atoms with Crippen LogP contribution in [0, 0.1) is 12.8 Å². The van der Waals surface area contributed by atoms with Gasteiger partial charge in [-0.1, -0.05) is 5.16 Å². The van der Waals surface area contributed by atoms with Gasteiger partial charge in [-0.25, -0.2) is 18.5 Å². The Morgan fingerprint density at radius 3 is 2.82 bits per heavy atom. The molecule has 3 aromatic rings. The van der Waals surface area contributed by atoms with E-state index in [-0.39, 0.29) is 24.7 Å². The number of amides is 2. The highest BCUT2D eigenvalue weighted by atomic mass is 19.1. The Labute approximate surface area is 158 Å². The summed E-state index contributed by atoms with van der Waals surface area (Å²) in [6.45, 7) is 2.06. The van der Waals surface area contributed by atoms with Crippen LogP contribution < -0.4 is 10.6 Å². The number of hydrogen-bond acceptors (Lipinski definition) is 7. The number of alkyl halides is 1. The van der Waals surface area contributed by atoms with E-state index < -0.39 is 18.0 Å². The molecule has 3 heterocycles. The highest BCUT2D eigenvalue weighted by Gasteiger charge is 2.36. The van der Waals surface area contributed by atoms with E-state index in [9.17, 15) is 14.0 Å². The third kappa shape index (κ3) is 3.55. The van der Waals surface area contributed by atoms with Crippen molar-refractivity contribution in [2.45, 2.75) is 39.0 Å². The number of aromatic nitrogens is 5. The van der Waals surface area contributed by atoms with Gasteiger partial charge < -0.3 is 10.6 Å². The molecule has 0 saturated heterocycles. The van der Waals surface area contributed by atoms with Crippen LogP contribution in [0.4, 0.5) is 4.39 Å². The molecular formula is C17H18FN7O3. The smallest absolute Gasteiger partial charge is 0.275 e. The van der Waals surface area contributed by atoms with Gasteiger partial charge in [-0.2, -0.15) is 5.10 Å². The van der Waals surface area contributed by atoms with Crippen molar-refractivity contribution in [3.05, 3.63) is 41.1 Å². The Morgan fingerprint density at radius 1 is 1.29 bits per heavy atom. The molecular weight excluding hydrogens is 369 g/mol. The molecule has 2 atom stereocenters. The Bertz CT molecular complexity index is 1030. The lowest BCUT2D eigenvalue weighted by molar-refractivity contribution is -0.131. The van der Waals surface area contributed by atoms with Crippen LogP contribution in [-0.4, -0.2) is 42.9 Å². The monoisotopic (exact) mass is 387 g/mol. The third-order valence-corrected chi connectivity index (χ3v) is 4.72. The maximum Gasteiger partial charge on any atom is 0.275 e.